The lowest BCUT2D eigenvalue weighted by Crippen LogP contribution is -2.20. The fraction of sp³-hybridized carbons (Fsp3) is 0.308. The zero-order valence-electron chi connectivity index (χ0n) is 12.5. The van der Waals surface area contributed by atoms with Crippen LogP contribution in [0.1, 0.15) is 11.1 Å². The number of aryl methyl sites for hydroxylation is 2. The number of para-hydroxylation sites is 1. The van der Waals surface area contributed by atoms with Gasteiger partial charge in [0.25, 0.3) is 0 Å². The summed E-state index contributed by atoms with van der Waals surface area (Å²) in [4.78, 5) is 12.0. The number of hydrogen-bond donors (Lipinski definition) is 2. The second-order valence-corrected chi connectivity index (χ2v) is 6.74. The van der Waals surface area contributed by atoms with Gasteiger partial charge in [0, 0.05) is 5.69 Å². The van der Waals surface area contributed by atoms with E-state index in [0.29, 0.717) is 0 Å². The van der Waals surface area contributed by atoms with E-state index >= 15 is 0 Å². The highest BCUT2D eigenvalue weighted by atomic mass is 32.2. The van der Waals surface area contributed by atoms with Crippen LogP contribution < -0.4 is 10.0 Å². The van der Waals surface area contributed by atoms with Crippen LogP contribution in [0.15, 0.2) is 24.4 Å². The third kappa shape index (κ3) is 4.29. The lowest BCUT2D eigenvalue weighted by atomic mass is 10.1. The monoisotopic (exact) mass is 323 g/mol. The average Bonchev–Trinajstić information content (AvgIpc) is 2.79. The number of rotatable bonds is 5. The number of aromatic nitrogens is 3. The SMILES string of the molecule is Cc1cccc(C)c1NC(=O)Cn1cc(NS(C)(=O)=O)nn1. The van der Waals surface area contributed by atoms with E-state index in [2.05, 4.69) is 20.4 Å². The van der Waals surface area contributed by atoms with Gasteiger partial charge >= 0.3 is 0 Å². The zero-order chi connectivity index (χ0) is 16.3. The highest BCUT2D eigenvalue weighted by Crippen LogP contribution is 2.19. The van der Waals surface area contributed by atoms with Crippen molar-refractivity contribution < 1.29 is 13.2 Å². The summed E-state index contributed by atoms with van der Waals surface area (Å²) in [7, 11) is -3.42. The summed E-state index contributed by atoms with van der Waals surface area (Å²) in [5.41, 5.74) is 2.69. The largest absolute Gasteiger partial charge is 0.324 e. The van der Waals surface area contributed by atoms with Crippen LogP contribution in [0.2, 0.25) is 0 Å². The van der Waals surface area contributed by atoms with Crippen molar-refractivity contribution in [3.8, 4) is 0 Å². The van der Waals surface area contributed by atoms with Crippen molar-refractivity contribution >= 4 is 27.4 Å². The van der Waals surface area contributed by atoms with Gasteiger partial charge in [-0.05, 0) is 25.0 Å². The molecule has 2 aromatic rings. The van der Waals surface area contributed by atoms with Crippen LogP contribution in [0, 0.1) is 13.8 Å². The summed E-state index contributed by atoms with van der Waals surface area (Å²) in [5.74, 6) is -0.199. The van der Waals surface area contributed by atoms with Gasteiger partial charge in [-0.3, -0.25) is 9.52 Å². The second kappa shape index (κ2) is 6.14. The van der Waals surface area contributed by atoms with E-state index < -0.39 is 10.0 Å². The first-order chi connectivity index (χ1) is 10.2. The van der Waals surface area contributed by atoms with E-state index in [-0.39, 0.29) is 18.3 Å². The summed E-state index contributed by atoms with van der Waals surface area (Å²) in [6.07, 6.45) is 2.37. The fourth-order valence-corrected chi connectivity index (χ4v) is 2.42. The lowest BCUT2D eigenvalue weighted by Gasteiger charge is -2.11. The van der Waals surface area contributed by atoms with Crippen molar-refractivity contribution in [2.24, 2.45) is 0 Å². The number of nitrogens with zero attached hydrogens (tertiary/aromatic N) is 3. The third-order valence-electron chi connectivity index (χ3n) is 2.88. The van der Waals surface area contributed by atoms with Crippen LogP contribution in [-0.4, -0.2) is 35.6 Å². The van der Waals surface area contributed by atoms with Crippen molar-refractivity contribution in [1.29, 1.82) is 0 Å². The smallest absolute Gasteiger partial charge is 0.246 e. The number of sulfonamides is 1. The molecule has 118 valence electrons. The molecule has 0 fully saturated rings. The van der Waals surface area contributed by atoms with Crippen molar-refractivity contribution in [1.82, 2.24) is 15.0 Å². The zero-order valence-corrected chi connectivity index (χ0v) is 13.3. The molecular weight excluding hydrogens is 306 g/mol. The van der Waals surface area contributed by atoms with E-state index in [1.165, 1.54) is 10.9 Å². The summed E-state index contributed by atoms with van der Waals surface area (Å²) in [6.45, 7) is 3.75. The molecule has 0 aliphatic carbocycles. The van der Waals surface area contributed by atoms with Crippen molar-refractivity contribution in [2.45, 2.75) is 20.4 Å². The van der Waals surface area contributed by atoms with Gasteiger partial charge < -0.3 is 5.32 Å². The Morgan fingerprint density at radius 2 is 1.91 bits per heavy atom. The van der Waals surface area contributed by atoms with Crippen molar-refractivity contribution in [2.75, 3.05) is 16.3 Å². The number of amides is 1. The molecule has 1 aromatic carbocycles. The number of anilines is 2. The molecule has 1 heterocycles. The van der Waals surface area contributed by atoms with Gasteiger partial charge in [-0.2, -0.15) is 0 Å². The first kappa shape index (κ1) is 16.0. The minimum atomic E-state index is -3.42. The van der Waals surface area contributed by atoms with Crippen LogP contribution in [-0.2, 0) is 21.4 Å². The van der Waals surface area contributed by atoms with Crippen LogP contribution in [0.4, 0.5) is 11.5 Å². The maximum Gasteiger partial charge on any atom is 0.246 e. The molecule has 1 aromatic heterocycles. The summed E-state index contributed by atoms with van der Waals surface area (Å²) in [6, 6.07) is 5.74. The number of carbonyl (C=O) groups excluding carboxylic acids is 1. The first-order valence-corrected chi connectivity index (χ1v) is 8.38. The molecule has 0 aliphatic heterocycles. The molecule has 0 unspecified atom stereocenters. The molecule has 1 amide bonds. The molecule has 0 atom stereocenters. The molecule has 2 N–H and O–H groups in total. The molecule has 0 aliphatic rings. The first-order valence-electron chi connectivity index (χ1n) is 6.48. The highest BCUT2D eigenvalue weighted by molar-refractivity contribution is 7.92. The van der Waals surface area contributed by atoms with Crippen LogP contribution in [0.3, 0.4) is 0 Å². The van der Waals surface area contributed by atoms with Crippen molar-refractivity contribution in [3.05, 3.63) is 35.5 Å². The number of benzene rings is 1. The number of nitrogens with one attached hydrogen (secondary N) is 2. The molecule has 22 heavy (non-hydrogen) atoms. The number of carbonyl (C=O) groups is 1. The molecule has 0 bridgehead atoms. The Bertz CT molecular complexity index is 778. The standard InChI is InChI=1S/C13H17N5O3S/c1-9-5-4-6-10(2)13(9)14-12(19)8-18-7-11(15-17-18)16-22(3,20)21/h4-7,16H,8H2,1-3H3,(H,14,19). The second-order valence-electron chi connectivity index (χ2n) is 4.99. The van der Waals surface area contributed by atoms with Gasteiger partial charge in [0.2, 0.25) is 15.9 Å². The minimum Gasteiger partial charge on any atom is -0.324 e. The van der Waals surface area contributed by atoms with Gasteiger partial charge in [-0.15, -0.1) is 5.10 Å². The van der Waals surface area contributed by atoms with Crippen molar-refractivity contribution in [3.63, 3.8) is 0 Å². The molecule has 0 saturated heterocycles. The topological polar surface area (TPSA) is 106 Å². The molecule has 2 rings (SSSR count). The van der Waals surface area contributed by atoms with E-state index in [1.807, 2.05) is 32.0 Å². The van der Waals surface area contributed by atoms with Crippen LogP contribution >= 0.6 is 0 Å². The predicted octanol–water partition coefficient (Wildman–Crippen LogP) is 0.905. The molecule has 0 saturated carbocycles. The minimum absolute atomic E-state index is 0.0633. The molecule has 0 radical (unpaired) electrons. The van der Waals surface area contributed by atoms with Gasteiger partial charge in [0.15, 0.2) is 5.82 Å². The maximum atomic E-state index is 12.0. The Kier molecular flexibility index (Phi) is 4.45. The average molecular weight is 323 g/mol. The molecular formula is C13H17N5O3S. The maximum absolute atomic E-state index is 12.0. The lowest BCUT2D eigenvalue weighted by molar-refractivity contribution is -0.116. The van der Waals surface area contributed by atoms with Gasteiger partial charge in [-0.1, -0.05) is 23.4 Å². The summed E-state index contributed by atoms with van der Waals surface area (Å²) < 4.78 is 25.6. The molecule has 0 spiro atoms. The van der Waals surface area contributed by atoms with Gasteiger partial charge in [0.1, 0.15) is 6.54 Å². The van der Waals surface area contributed by atoms with Gasteiger partial charge in [-0.25, -0.2) is 13.1 Å². The summed E-state index contributed by atoms with van der Waals surface area (Å²) >= 11 is 0. The summed E-state index contributed by atoms with van der Waals surface area (Å²) in [5, 5.41) is 10.2. The van der Waals surface area contributed by atoms with E-state index in [4.69, 9.17) is 0 Å². The Balaban J connectivity index is 2.04. The van der Waals surface area contributed by atoms with E-state index in [9.17, 15) is 13.2 Å². The highest BCUT2D eigenvalue weighted by Gasteiger charge is 2.11. The Hall–Kier alpha value is -2.42. The third-order valence-corrected chi connectivity index (χ3v) is 3.46. The predicted molar refractivity (Wildman–Crippen MR) is 83.0 cm³/mol. The van der Waals surface area contributed by atoms with Crippen LogP contribution in [0.25, 0.3) is 0 Å². The van der Waals surface area contributed by atoms with Gasteiger partial charge in [0.05, 0.1) is 12.5 Å². The Morgan fingerprint density at radius 3 is 2.50 bits per heavy atom. The fourth-order valence-electron chi connectivity index (χ4n) is 1.95. The Morgan fingerprint density at radius 1 is 1.27 bits per heavy atom. The number of hydrogen-bond acceptors (Lipinski definition) is 5. The molecule has 9 heteroatoms. The van der Waals surface area contributed by atoms with Crippen LogP contribution in [0.5, 0.6) is 0 Å². The van der Waals surface area contributed by atoms with E-state index in [0.717, 1.165) is 23.1 Å². The normalized spacial score (nSPS) is 11.2. The molecule has 8 nitrogen and oxygen atoms in total. The van der Waals surface area contributed by atoms with E-state index in [1.54, 1.807) is 0 Å². The Labute approximate surface area is 128 Å². The quantitative estimate of drug-likeness (QED) is 0.850.